The van der Waals surface area contributed by atoms with Crippen LogP contribution in [0.2, 0.25) is 0 Å². The highest BCUT2D eigenvalue weighted by Gasteiger charge is 2.13. The molecule has 0 spiro atoms. The van der Waals surface area contributed by atoms with Crippen LogP contribution in [0.5, 0.6) is 0 Å². The Morgan fingerprint density at radius 3 is 2.21 bits per heavy atom. The Morgan fingerprint density at radius 2 is 1.58 bits per heavy atom. The lowest BCUT2D eigenvalue weighted by Gasteiger charge is -2.17. The summed E-state index contributed by atoms with van der Waals surface area (Å²) in [6.07, 6.45) is 0.297. The molecule has 0 aromatic heterocycles. The van der Waals surface area contributed by atoms with Gasteiger partial charge in [0.15, 0.2) is 0 Å². The normalized spacial score (nSPS) is 12.4. The molecule has 1 atom stereocenters. The third-order valence-electron chi connectivity index (χ3n) is 3.05. The average molecular weight is 265 g/mol. The smallest absolute Gasteiger partial charge is 0.126 e. The minimum absolute atomic E-state index is 0.197. The van der Waals surface area contributed by atoms with Gasteiger partial charge in [-0.25, -0.2) is 13.2 Å². The number of rotatable bonds is 4. The largest absolute Gasteiger partial charge is 0.313 e. The van der Waals surface area contributed by atoms with Crippen molar-refractivity contribution in [3.63, 3.8) is 0 Å². The van der Waals surface area contributed by atoms with Crippen LogP contribution in [0.1, 0.15) is 17.2 Å². The van der Waals surface area contributed by atoms with Crippen LogP contribution in [0.3, 0.4) is 0 Å². The van der Waals surface area contributed by atoms with E-state index in [9.17, 15) is 13.2 Å². The first-order valence-electron chi connectivity index (χ1n) is 5.97. The van der Waals surface area contributed by atoms with Crippen molar-refractivity contribution in [2.24, 2.45) is 0 Å². The quantitative estimate of drug-likeness (QED) is 0.890. The monoisotopic (exact) mass is 265 g/mol. The van der Waals surface area contributed by atoms with Gasteiger partial charge in [0, 0.05) is 6.04 Å². The average Bonchev–Trinajstić information content (AvgIpc) is 2.41. The number of benzene rings is 2. The van der Waals surface area contributed by atoms with Crippen LogP contribution in [-0.4, -0.2) is 7.05 Å². The molecule has 0 amide bonds. The molecule has 0 heterocycles. The highest BCUT2D eigenvalue weighted by Crippen LogP contribution is 2.21. The van der Waals surface area contributed by atoms with Crippen molar-refractivity contribution in [3.8, 4) is 0 Å². The molecule has 2 rings (SSSR count). The van der Waals surface area contributed by atoms with Gasteiger partial charge in [0.2, 0.25) is 0 Å². The molecule has 1 nitrogen and oxygen atoms in total. The Hall–Kier alpha value is -1.81. The van der Waals surface area contributed by atoms with Crippen molar-refractivity contribution in [2.45, 2.75) is 12.5 Å². The first kappa shape index (κ1) is 13.6. The molecule has 0 aliphatic carbocycles. The fraction of sp³-hybridized carbons (Fsp3) is 0.200. The second-order valence-corrected chi connectivity index (χ2v) is 4.33. The van der Waals surface area contributed by atoms with Gasteiger partial charge in [0.05, 0.1) is 0 Å². The maximum Gasteiger partial charge on any atom is 0.126 e. The molecule has 0 aliphatic rings. The first-order chi connectivity index (χ1) is 9.10. The molecule has 0 saturated carbocycles. The minimum atomic E-state index is -0.467. The molecule has 1 N–H and O–H groups in total. The molecule has 2 aromatic carbocycles. The second-order valence-electron chi connectivity index (χ2n) is 4.33. The lowest BCUT2D eigenvalue weighted by molar-refractivity contribution is 0.542. The Morgan fingerprint density at radius 1 is 0.947 bits per heavy atom. The summed E-state index contributed by atoms with van der Waals surface area (Å²) in [6, 6.07) is 9.15. The molecule has 0 fully saturated rings. The van der Waals surface area contributed by atoms with Gasteiger partial charge in [0.1, 0.15) is 17.5 Å². The fourth-order valence-corrected chi connectivity index (χ4v) is 2.00. The molecule has 1 unspecified atom stereocenters. The van der Waals surface area contributed by atoms with Crippen LogP contribution < -0.4 is 5.32 Å². The van der Waals surface area contributed by atoms with Gasteiger partial charge in [-0.05, 0) is 54.9 Å². The van der Waals surface area contributed by atoms with Gasteiger partial charge in [-0.2, -0.15) is 0 Å². The topological polar surface area (TPSA) is 12.0 Å². The van der Waals surface area contributed by atoms with E-state index in [1.165, 1.54) is 18.2 Å². The third kappa shape index (κ3) is 3.35. The molecule has 100 valence electrons. The second kappa shape index (κ2) is 5.89. The standard InChI is InChI=1S/C15H14F3N/c1-19-15(10-2-4-12(16)5-3-10)9-11-8-13(17)6-7-14(11)18/h2-8,15,19H,9H2,1H3. The van der Waals surface area contributed by atoms with Crippen LogP contribution in [0.4, 0.5) is 13.2 Å². The van der Waals surface area contributed by atoms with Gasteiger partial charge >= 0.3 is 0 Å². The number of halogens is 3. The molecule has 0 saturated heterocycles. The van der Waals surface area contributed by atoms with Crippen LogP contribution in [-0.2, 0) is 6.42 Å². The van der Waals surface area contributed by atoms with Gasteiger partial charge < -0.3 is 5.32 Å². The zero-order valence-electron chi connectivity index (χ0n) is 10.5. The third-order valence-corrected chi connectivity index (χ3v) is 3.05. The Bertz CT molecular complexity index is 552. The summed E-state index contributed by atoms with van der Waals surface area (Å²) < 4.78 is 39.6. The molecule has 2 aromatic rings. The lowest BCUT2D eigenvalue weighted by Crippen LogP contribution is -2.19. The van der Waals surface area contributed by atoms with Gasteiger partial charge in [-0.3, -0.25) is 0 Å². The van der Waals surface area contributed by atoms with Gasteiger partial charge in [-0.15, -0.1) is 0 Å². The van der Waals surface area contributed by atoms with Crippen molar-refractivity contribution in [3.05, 3.63) is 71.0 Å². The highest BCUT2D eigenvalue weighted by molar-refractivity contribution is 5.25. The number of nitrogens with one attached hydrogen (secondary N) is 1. The number of hydrogen-bond donors (Lipinski definition) is 1. The molecule has 4 heteroatoms. The van der Waals surface area contributed by atoms with Crippen molar-refractivity contribution in [1.82, 2.24) is 5.32 Å². The zero-order chi connectivity index (χ0) is 13.8. The number of hydrogen-bond acceptors (Lipinski definition) is 1. The van der Waals surface area contributed by atoms with Crippen molar-refractivity contribution < 1.29 is 13.2 Å². The summed E-state index contributed by atoms with van der Waals surface area (Å²) in [5.74, 6) is -1.23. The molecule has 0 aliphatic heterocycles. The van der Waals surface area contributed by atoms with E-state index in [0.29, 0.717) is 12.0 Å². The Kier molecular flexibility index (Phi) is 4.22. The van der Waals surface area contributed by atoms with E-state index in [-0.39, 0.29) is 11.9 Å². The van der Waals surface area contributed by atoms with Gasteiger partial charge in [-0.1, -0.05) is 12.1 Å². The minimum Gasteiger partial charge on any atom is -0.313 e. The summed E-state index contributed by atoms with van der Waals surface area (Å²) in [5, 5.41) is 3.02. The summed E-state index contributed by atoms with van der Waals surface area (Å²) in [5.41, 5.74) is 1.12. The molecule has 19 heavy (non-hydrogen) atoms. The Labute approximate surface area is 110 Å². The van der Waals surface area contributed by atoms with Gasteiger partial charge in [0.25, 0.3) is 0 Å². The SMILES string of the molecule is CNC(Cc1cc(F)ccc1F)c1ccc(F)cc1. The summed E-state index contributed by atoms with van der Waals surface area (Å²) in [6.45, 7) is 0. The zero-order valence-corrected chi connectivity index (χ0v) is 10.5. The van der Waals surface area contributed by atoms with Crippen LogP contribution in [0.25, 0.3) is 0 Å². The van der Waals surface area contributed by atoms with E-state index < -0.39 is 11.6 Å². The predicted molar refractivity (Wildman–Crippen MR) is 68.3 cm³/mol. The molecule has 0 bridgehead atoms. The van der Waals surface area contributed by atoms with Crippen LogP contribution in [0, 0.1) is 17.5 Å². The van der Waals surface area contributed by atoms with Crippen molar-refractivity contribution in [1.29, 1.82) is 0 Å². The molecule has 0 radical (unpaired) electrons. The highest BCUT2D eigenvalue weighted by atomic mass is 19.1. The first-order valence-corrected chi connectivity index (χ1v) is 5.97. The summed E-state index contributed by atoms with van der Waals surface area (Å²) in [4.78, 5) is 0. The van der Waals surface area contributed by atoms with Crippen LogP contribution in [0.15, 0.2) is 42.5 Å². The van der Waals surface area contributed by atoms with E-state index in [2.05, 4.69) is 5.32 Å². The maximum absolute atomic E-state index is 13.6. The predicted octanol–water partition coefficient (Wildman–Crippen LogP) is 3.61. The Balaban J connectivity index is 2.23. The van der Waals surface area contributed by atoms with Crippen LogP contribution >= 0.6 is 0 Å². The van der Waals surface area contributed by atoms with E-state index >= 15 is 0 Å². The number of likely N-dealkylation sites (N-methyl/N-ethyl adjacent to an activating group) is 1. The maximum atomic E-state index is 13.6. The van der Waals surface area contributed by atoms with Crippen molar-refractivity contribution >= 4 is 0 Å². The fourth-order valence-electron chi connectivity index (χ4n) is 2.00. The van der Waals surface area contributed by atoms with E-state index in [1.54, 1.807) is 19.2 Å². The summed E-state index contributed by atoms with van der Waals surface area (Å²) >= 11 is 0. The summed E-state index contributed by atoms with van der Waals surface area (Å²) in [7, 11) is 1.73. The van der Waals surface area contributed by atoms with E-state index in [1.807, 2.05) is 0 Å². The molecular formula is C15H14F3N. The molecular weight excluding hydrogens is 251 g/mol. The van der Waals surface area contributed by atoms with E-state index in [4.69, 9.17) is 0 Å². The van der Waals surface area contributed by atoms with E-state index in [0.717, 1.165) is 17.7 Å². The van der Waals surface area contributed by atoms with Crippen molar-refractivity contribution in [2.75, 3.05) is 7.05 Å². The lowest BCUT2D eigenvalue weighted by atomic mass is 9.98.